The van der Waals surface area contributed by atoms with Crippen molar-refractivity contribution in [2.45, 2.75) is 0 Å². The molecule has 1 aliphatic rings. The number of halogens is 1. The average molecular weight is 253 g/mol. The number of benzene rings is 1. The number of carbonyl (C=O) groups excluding carboxylic acids is 2. The number of nitrogens with one attached hydrogen (secondary N) is 1. The molecule has 0 spiro atoms. The number of hydrogen-bond donors (Lipinski definition) is 1. The summed E-state index contributed by atoms with van der Waals surface area (Å²) in [6, 6.07) is 4.20. The molecule has 1 N–H and O–H groups in total. The molecule has 0 aromatic heterocycles. The van der Waals surface area contributed by atoms with Crippen LogP contribution in [-0.4, -0.2) is 18.3 Å². The van der Waals surface area contributed by atoms with E-state index in [0.29, 0.717) is 5.56 Å². The Labute approximate surface area is 101 Å². The highest BCUT2D eigenvalue weighted by molar-refractivity contribution is 8.18. The van der Waals surface area contributed by atoms with Crippen LogP contribution < -0.4 is 10.1 Å². The van der Waals surface area contributed by atoms with Crippen LogP contribution in [0.4, 0.5) is 9.18 Å². The monoisotopic (exact) mass is 253 g/mol. The molecule has 0 unspecified atom stereocenters. The zero-order chi connectivity index (χ0) is 12.4. The van der Waals surface area contributed by atoms with Gasteiger partial charge in [-0.05, 0) is 35.5 Å². The van der Waals surface area contributed by atoms with Crippen molar-refractivity contribution in [2.75, 3.05) is 7.11 Å². The Balaban J connectivity index is 2.33. The van der Waals surface area contributed by atoms with Crippen molar-refractivity contribution in [1.29, 1.82) is 0 Å². The maximum atomic E-state index is 13.1. The zero-order valence-corrected chi connectivity index (χ0v) is 9.64. The number of amides is 2. The average Bonchev–Trinajstić information content (AvgIpc) is 2.60. The first-order chi connectivity index (χ1) is 8.10. The Kier molecular flexibility index (Phi) is 3.14. The van der Waals surface area contributed by atoms with E-state index in [0.717, 1.165) is 11.8 Å². The maximum absolute atomic E-state index is 13.1. The molecule has 0 radical (unpaired) electrons. The summed E-state index contributed by atoms with van der Waals surface area (Å²) in [4.78, 5) is 22.5. The van der Waals surface area contributed by atoms with E-state index in [1.807, 2.05) is 0 Å². The third-order valence-electron chi connectivity index (χ3n) is 2.11. The highest BCUT2D eigenvalue weighted by Crippen LogP contribution is 2.27. The largest absolute Gasteiger partial charge is 0.494 e. The first-order valence-electron chi connectivity index (χ1n) is 4.68. The van der Waals surface area contributed by atoms with E-state index < -0.39 is 17.0 Å². The highest BCUT2D eigenvalue weighted by atomic mass is 32.2. The summed E-state index contributed by atoms with van der Waals surface area (Å²) in [6.45, 7) is 0. The summed E-state index contributed by atoms with van der Waals surface area (Å²) in [5, 5.41) is 1.73. The van der Waals surface area contributed by atoms with E-state index in [-0.39, 0.29) is 10.7 Å². The van der Waals surface area contributed by atoms with Gasteiger partial charge in [0.1, 0.15) is 0 Å². The van der Waals surface area contributed by atoms with Gasteiger partial charge in [-0.3, -0.25) is 14.9 Å². The second kappa shape index (κ2) is 4.58. The van der Waals surface area contributed by atoms with Crippen LogP contribution in [0.1, 0.15) is 5.56 Å². The van der Waals surface area contributed by atoms with Gasteiger partial charge in [0.05, 0.1) is 12.0 Å². The first kappa shape index (κ1) is 11.7. The van der Waals surface area contributed by atoms with E-state index >= 15 is 0 Å². The van der Waals surface area contributed by atoms with E-state index in [9.17, 15) is 14.0 Å². The fraction of sp³-hybridized carbons (Fsp3) is 0.0909. The van der Waals surface area contributed by atoms with E-state index in [2.05, 4.69) is 5.32 Å². The van der Waals surface area contributed by atoms with Crippen molar-refractivity contribution < 1.29 is 18.7 Å². The number of thioether (sulfide) groups is 1. The summed E-state index contributed by atoms with van der Waals surface area (Å²) in [6.07, 6.45) is 1.51. The van der Waals surface area contributed by atoms with Gasteiger partial charge in [-0.1, -0.05) is 6.07 Å². The molecule has 0 atom stereocenters. The molecule has 1 heterocycles. The number of rotatable bonds is 2. The van der Waals surface area contributed by atoms with Crippen molar-refractivity contribution in [2.24, 2.45) is 0 Å². The molecule has 0 saturated carbocycles. The number of imide groups is 1. The number of hydrogen-bond acceptors (Lipinski definition) is 4. The van der Waals surface area contributed by atoms with Gasteiger partial charge in [0.15, 0.2) is 11.6 Å². The van der Waals surface area contributed by atoms with Crippen LogP contribution in [0.2, 0.25) is 0 Å². The lowest BCUT2D eigenvalue weighted by Crippen LogP contribution is -2.17. The molecule has 1 aromatic carbocycles. The molecule has 0 aliphatic carbocycles. The lowest BCUT2D eigenvalue weighted by molar-refractivity contribution is -0.115. The van der Waals surface area contributed by atoms with Gasteiger partial charge >= 0.3 is 0 Å². The normalized spacial score (nSPS) is 17.4. The summed E-state index contributed by atoms with van der Waals surface area (Å²) in [5.74, 6) is -0.827. The molecule has 1 aromatic rings. The fourth-order valence-corrected chi connectivity index (χ4v) is 2.02. The van der Waals surface area contributed by atoms with Crippen LogP contribution in [0.5, 0.6) is 5.75 Å². The Morgan fingerprint density at radius 3 is 2.76 bits per heavy atom. The second-order valence-corrected chi connectivity index (χ2v) is 4.26. The molecule has 17 heavy (non-hydrogen) atoms. The van der Waals surface area contributed by atoms with E-state index in [4.69, 9.17) is 4.74 Å². The molecule has 6 heteroatoms. The van der Waals surface area contributed by atoms with E-state index in [1.54, 1.807) is 0 Å². The van der Waals surface area contributed by atoms with Gasteiger partial charge < -0.3 is 4.74 Å². The molecule has 4 nitrogen and oxygen atoms in total. The van der Waals surface area contributed by atoms with Crippen molar-refractivity contribution in [1.82, 2.24) is 5.32 Å². The third-order valence-corrected chi connectivity index (χ3v) is 2.93. The van der Waals surface area contributed by atoms with Crippen molar-refractivity contribution in [3.05, 3.63) is 34.5 Å². The van der Waals surface area contributed by atoms with Crippen LogP contribution >= 0.6 is 11.8 Å². The Morgan fingerprint density at radius 2 is 2.18 bits per heavy atom. The molecule has 1 saturated heterocycles. The van der Waals surface area contributed by atoms with E-state index in [1.165, 1.54) is 31.4 Å². The summed E-state index contributed by atoms with van der Waals surface area (Å²) in [7, 11) is 1.36. The quantitative estimate of drug-likeness (QED) is 0.820. The summed E-state index contributed by atoms with van der Waals surface area (Å²) in [5.41, 5.74) is 0.593. The van der Waals surface area contributed by atoms with Gasteiger partial charge in [-0.2, -0.15) is 0 Å². The molecular weight excluding hydrogens is 245 g/mol. The third kappa shape index (κ3) is 2.47. The van der Waals surface area contributed by atoms with Gasteiger partial charge in [0.2, 0.25) is 0 Å². The number of methoxy groups -OCH3 is 1. The van der Waals surface area contributed by atoms with Crippen molar-refractivity contribution >= 4 is 29.0 Å². The first-order valence-corrected chi connectivity index (χ1v) is 5.50. The molecule has 2 rings (SSSR count). The predicted octanol–water partition coefficient (Wildman–Crippen LogP) is 2.16. The Hall–Kier alpha value is -1.82. The van der Waals surface area contributed by atoms with Gasteiger partial charge in [-0.15, -0.1) is 0 Å². The predicted molar refractivity (Wildman–Crippen MR) is 62.1 cm³/mol. The molecule has 2 amide bonds. The standard InChI is InChI=1S/C11H8FNO3S/c1-16-8-4-6(2-3-7(8)12)5-9-10(14)13-11(15)17-9/h2-5H,1H3,(H,13,14,15)/b9-5-. The lowest BCUT2D eigenvalue weighted by atomic mass is 10.2. The molecule has 0 bridgehead atoms. The number of carbonyl (C=O) groups is 2. The smallest absolute Gasteiger partial charge is 0.290 e. The van der Waals surface area contributed by atoms with Crippen LogP contribution in [0.3, 0.4) is 0 Å². The van der Waals surface area contributed by atoms with Crippen molar-refractivity contribution in [3.8, 4) is 5.75 Å². The van der Waals surface area contributed by atoms with Crippen LogP contribution in [-0.2, 0) is 4.79 Å². The minimum atomic E-state index is -0.478. The van der Waals surface area contributed by atoms with Crippen molar-refractivity contribution in [3.63, 3.8) is 0 Å². The van der Waals surface area contributed by atoms with Gasteiger partial charge in [0, 0.05) is 0 Å². The van der Waals surface area contributed by atoms with Gasteiger partial charge in [0.25, 0.3) is 11.1 Å². The fourth-order valence-electron chi connectivity index (χ4n) is 1.34. The molecule has 1 aliphatic heterocycles. The SMILES string of the molecule is COc1cc(/C=C2\SC(=O)NC2=O)ccc1F. The van der Waals surface area contributed by atoms with Crippen LogP contribution in [0.25, 0.3) is 6.08 Å². The minimum absolute atomic E-state index is 0.0917. The topological polar surface area (TPSA) is 55.4 Å². The number of ether oxygens (including phenoxy) is 1. The maximum Gasteiger partial charge on any atom is 0.290 e. The van der Waals surface area contributed by atoms with Crippen LogP contribution in [0.15, 0.2) is 23.1 Å². The molecule has 88 valence electrons. The Morgan fingerprint density at radius 1 is 1.41 bits per heavy atom. The summed E-state index contributed by atoms with van der Waals surface area (Å²) >= 11 is 0.813. The molecule has 1 fully saturated rings. The van der Waals surface area contributed by atoms with Gasteiger partial charge in [-0.25, -0.2) is 4.39 Å². The zero-order valence-electron chi connectivity index (χ0n) is 8.82. The lowest BCUT2D eigenvalue weighted by Gasteiger charge is -2.02. The Bertz CT molecular complexity index is 527. The highest BCUT2D eigenvalue weighted by Gasteiger charge is 2.24. The minimum Gasteiger partial charge on any atom is -0.494 e. The summed E-state index contributed by atoms with van der Waals surface area (Å²) < 4.78 is 18.0. The van der Waals surface area contributed by atoms with Crippen LogP contribution in [0, 0.1) is 5.82 Å². The molecular formula is C11H8FNO3S. The second-order valence-electron chi connectivity index (χ2n) is 3.25.